The van der Waals surface area contributed by atoms with Gasteiger partial charge in [-0.15, -0.1) is 0 Å². The Bertz CT molecular complexity index is 896. The molecule has 0 bridgehead atoms. The Morgan fingerprint density at radius 1 is 1.03 bits per heavy atom. The van der Waals surface area contributed by atoms with Gasteiger partial charge in [-0.25, -0.2) is 8.78 Å². The molecule has 1 amide bonds. The number of likely N-dealkylation sites (tertiary alicyclic amines) is 1. The fourth-order valence-corrected chi connectivity index (χ4v) is 4.45. The number of carbonyl (C=O) groups is 1. The molecule has 2 aliphatic rings. The van der Waals surface area contributed by atoms with Crippen molar-refractivity contribution in [2.75, 3.05) is 38.1 Å². The zero-order chi connectivity index (χ0) is 20.4. The number of benzene rings is 2. The second kappa shape index (κ2) is 8.49. The lowest BCUT2D eigenvalue weighted by Gasteiger charge is -2.32. The van der Waals surface area contributed by atoms with E-state index in [0.717, 1.165) is 57.5 Å². The summed E-state index contributed by atoms with van der Waals surface area (Å²) in [5.41, 5.74) is 3.97. The molecule has 4 nitrogen and oxygen atoms in total. The van der Waals surface area contributed by atoms with Crippen molar-refractivity contribution in [3.8, 4) is 0 Å². The number of anilines is 1. The first-order valence-electron chi connectivity index (χ1n) is 10.3. The van der Waals surface area contributed by atoms with E-state index in [1.54, 1.807) is 0 Å². The van der Waals surface area contributed by atoms with Gasteiger partial charge in [0.15, 0.2) is 11.6 Å². The van der Waals surface area contributed by atoms with Gasteiger partial charge in [-0.05, 0) is 74.2 Å². The fourth-order valence-electron chi connectivity index (χ4n) is 4.45. The van der Waals surface area contributed by atoms with Crippen molar-refractivity contribution in [3.05, 3.63) is 64.7 Å². The Labute approximate surface area is 170 Å². The Hall–Kier alpha value is -2.47. The van der Waals surface area contributed by atoms with Crippen molar-refractivity contribution in [2.45, 2.75) is 31.7 Å². The topological polar surface area (TPSA) is 35.6 Å². The molecule has 2 heterocycles. The zero-order valence-corrected chi connectivity index (χ0v) is 16.8. The molecule has 2 aromatic rings. The van der Waals surface area contributed by atoms with Gasteiger partial charge in [0.05, 0.1) is 6.04 Å². The molecule has 1 fully saturated rings. The maximum atomic E-state index is 13.5. The number of nitrogens with zero attached hydrogens (tertiary/aromatic N) is 2. The molecule has 1 atom stereocenters. The summed E-state index contributed by atoms with van der Waals surface area (Å²) in [6, 6.07) is 9.94. The van der Waals surface area contributed by atoms with Gasteiger partial charge in [0, 0.05) is 31.4 Å². The molecule has 1 saturated heterocycles. The van der Waals surface area contributed by atoms with Crippen molar-refractivity contribution >= 4 is 11.6 Å². The first-order valence-corrected chi connectivity index (χ1v) is 10.3. The number of halogens is 2. The predicted molar refractivity (Wildman–Crippen MR) is 110 cm³/mol. The second-order valence-electron chi connectivity index (χ2n) is 8.01. The number of nitrogens with one attached hydrogen (secondary N) is 1. The third-order valence-electron chi connectivity index (χ3n) is 6.06. The highest BCUT2D eigenvalue weighted by atomic mass is 19.2. The van der Waals surface area contributed by atoms with Crippen molar-refractivity contribution in [1.82, 2.24) is 10.2 Å². The largest absolute Gasteiger partial charge is 0.374 e. The van der Waals surface area contributed by atoms with E-state index in [0.29, 0.717) is 6.54 Å². The van der Waals surface area contributed by atoms with Crippen LogP contribution in [-0.4, -0.2) is 44.0 Å². The van der Waals surface area contributed by atoms with Crippen LogP contribution in [0.1, 0.15) is 46.8 Å². The lowest BCUT2D eigenvalue weighted by molar-refractivity contribution is 0.0937. The summed E-state index contributed by atoms with van der Waals surface area (Å²) in [7, 11) is 2.12. The molecular weight excluding hydrogens is 372 g/mol. The Kier molecular flexibility index (Phi) is 5.81. The van der Waals surface area contributed by atoms with Crippen LogP contribution in [-0.2, 0) is 6.42 Å². The monoisotopic (exact) mass is 399 g/mol. The summed E-state index contributed by atoms with van der Waals surface area (Å²) in [5, 5.41) is 2.93. The Balaban J connectivity index is 1.53. The van der Waals surface area contributed by atoms with Crippen LogP contribution < -0.4 is 10.2 Å². The van der Waals surface area contributed by atoms with E-state index in [1.807, 2.05) is 0 Å². The molecule has 0 aromatic heterocycles. The van der Waals surface area contributed by atoms with E-state index in [9.17, 15) is 13.6 Å². The molecule has 29 heavy (non-hydrogen) atoms. The van der Waals surface area contributed by atoms with Gasteiger partial charge in [-0.1, -0.05) is 12.1 Å². The average Bonchev–Trinajstić information content (AvgIpc) is 3.25. The normalized spacial score (nSPS) is 17.8. The van der Waals surface area contributed by atoms with Gasteiger partial charge in [0.2, 0.25) is 0 Å². The SMILES string of the molecule is CN1CCCc2cc([C@@H](CNC(=O)c3ccc(F)c(F)c3)N3CCCC3)ccc21. The van der Waals surface area contributed by atoms with Gasteiger partial charge >= 0.3 is 0 Å². The number of hydrogen-bond acceptors (Lipinski definition) is 3. The molecule has 4 rings (SSSR count). The van der Waals surface area contributed by atoms with Crippen LogP contribution in [0.3, 0.4) is 0 Å². The first kappa shape index (κ1) is 19.8. The van der Waals surface area contributed by atoms with Crippen molar-refractivity contribution in [2.24, 2.45) is 0 Å². The molecule has 0 aliphatic carbocycles. The molecule has 0 unspecified atom stereocenters. The third-order valence-corrected chi connectivity index (χ3v) is 6.06. The smallest absolute Gasteiger partial charge is 0.251 e. The minimum Gasteiger partial charge on any atom is -0.374 e. The maximum absolute atomic E-state index is 13.5. The van der Waals surface area contributed by atoms with Crippen LogP contribution in [0.15, 0.2) is 36.4 Å². The zero-order valence-electron chi connectivity index (χ0n) is 16.8. The quantitative estimate of drug-likeness (QED) is 0.828. The van der Waals surface area contributed by atoms with E-state index in [2.05, 4.69) is 40.4 Å². The molecule has 2 aromatic carbocycles. The highest BCUT2D eigenvalue weighted by Crippen LogP contribution is 2.31. The van der Waals surface area contributed by atoms with E-state index in [-0.39, 0.29) is 17.5 Å². The molecule has 0 spiro atoms. The molecule has 1 N–H and O–H groups in total. The number of hydrogen-bond donors (Lipinski definition) is 1. The molecule has 0 saturated carbocycles. The predicted octanol–water partition coefficient (Wildman–Crippen LogP) is 3.91. The van der Waals surface area contributed by atoms with E-state index in [1.165, 1.54) is 22.9 Å². The molecule has 2 aliphatic heterocycles. The lowest BCUT2D eigenvalue weighted by Crippen LogP contribution is -2.37. The summed E-state index contributed by atoms with van der Waals surface area (Å²) in [6.07, 6.45) is 4.53. The Morgan fingerprint density at radius 3 is 2.59 bits per heavy atom. The standard InChI is InChI=1S/C23H27F2N3O/c1-27-10-4-5-16-13-17(7-9-21(16)27)22(28-11-2-3-12-28)15-26-23(29)18-6-8-19(24)20(25)14-18/h6-9,13-14,22H,2-5,10-12,15H2,1H3,(H,26,29)/t22-/m1/s1. The minimum absolute atomic E-state index is 0.0734. The minimum atomic E-state index is -1.01. The fraction of sp³-hybridized carbons (Fsp3) is 0.435. The molecule has 0 radical (unpaired) electrons. The summed E-state index contributed by atoms with van der Waals surface area (Å²) < 4.78 is 26.6. The van der Waals surface area contributed by atoms with Crippen LogP contribution >= 0.6 is 0 Å². The highest BCUT2D eigenvalue weighted by molar-refractivity contribution is 5.94. The summed E-state index contributed by atoms with van der Waals surface area (Å²) >= 11 is 0. The van der Waals surface area contributed by atoms with E-state index < -0.39 is 11.6 Å². The number of amides is 1. The summed E-state index contributed by atoms with van der Waals surface area (Å²) in [5.74, 6) is -2.34. The van der Waals surface area contributed by atoms with Crippen LogP contribution in [0.2, 0.25) is 0 Å². The van der Waals surface area contributed by atoms with Crippen molar-refractivity contribution in [3.63, 3.8) is 0 Å². The first-order chi connectivity index (χ1) is 14.0. The number of fused-ring (bicyclic) bond motifs is 1. The third kappa shape index (κ3) is 4.27. The number of carbonyl (C=O) groups excluding carboxylic acids is 1. The van der Waals surface area contributed by atoms with Gasteiger partial charge in [0.25, 0.3) is 5.91 Å². The number of rotatable bonds is 5. The van der Waals surface area contributed by atoms with Crippen molar-refractivity contribution < 1.29 is 13.6 Å². The van der Waals surface area contributed by atoms with Crippen molar-refractivity contribution in [1.29, 1.82) is 0 Å². The summed E-state index contributed by atoms with van der Waals surface area (Å²) in [4.78, 5) is 17.2. The van der Waals surface area contributed by atoms with Crippen LogP contribution in [0.25, 0.3) is 0 Å². The molecular formula is C23H27F2N3O. The van der Waals surface area contributed by atoms with Gasteiger partial charge in [-0.3, -0.25) is 9.69 Å². The molecule has 154 valence electrons. The lowest BCUT2D eigenvalue weighted by atomic mass is 9.96. The number of aryl methyl sites for hydroxylation is 1. The van der Waals surface area contributed by atoms with Crippen LogP contribution in [0.4, 0.5) is 14.5 Å². The van der Waals surface area contributed by atoms with Gasteiger partial charge in [0.1, 0.15) is 0 Å². The Morgan fingerprint density at radius 2 is 1.83 bits per heavy atom. The van der Waals surface area contributed by atoms with Crippen LogP contribution in [0.5, 0.6) is 0 Å². The van der Waals surface area contributed by atoms with Gasteiger partial charge in [-0.2, -0.15) is 0 Å². The molecule has 6 heteroatoms. The maximum Gasteiger partial charge on any atom is 0.251 e. The van der Waals surface area contributed by atoms with E-state index in [4.69, 9.17) is 0 Å². The average molecular weight is 399 g/mol. The van der Waals surface area contributed by atoms with E-state index >= 15 is 0 Å². The second-order valence-corrected chi connectivity index (χ2v) is 8.01. The van der Waals surface area contributed by atoms with Gasteiger partial charge < -0.3 is 10.2 Å². The highest BCUT2D eigenvalue weighted by Gasteiger charge is 2.26. The summed E-state index contributed by atoms with van der Waals surface area (Å²) in [6.45, 7) is 3.52. The van der Waals surface area contributed by atoms with Crippen LogP contribution in [0, 0.1) is 11.6 Å².